The van der Waals surface area contributed by atoms with Crippen molar-refractivity contribution in [2.45, 2.75) is 26.2 Å². The standard InChI is InChI=1S/C13H18N2OS/c1-2-3-8-15-13(16)11-6-4-10(5-7-11)9-12(14)17/h4-7H,2-3,8-9H2,1H3,(H2,14,17)(H,15,16). The van der Waals surface area contributed by atoms with Crippen molar-refractivity contribution in [3.05, 3.63) is 35.4 Å². The van der Waals surface area contributed by atoms with Gasteiger partial charge in [-0.1, -0.05) is 37.7 Å². The van der Waals surface area contributed by atoms with Crippen LogP contribution in [-0.2, 0) is 6.42 Å². The Bertz CT molecular complexity index is 387. The molecule has 0 unspecified atom stereocenters. The zero-order valence-electron chi connectivity index (χ0n) is 10.0. The number of hydrogen-bond donors (Lipinski definition) is 2. The molecule has 92 valence electrons. The second-order valence-electron chi connectivity index (χ2n) is 3.95. The second-order valence-corrected chi connectivity index (χ2v) is 4.47. The molecule has 1 amide bonds. The summed E-state index contributed by atoms with van der Waals surface area (Å²) in [6, 6.07) is 7.37. The number of hydrogen-bond acceptors (Lipinski definition) is 2. The lowest BCUT2D eigenvalue weighted by Crippen LogP contribution is -2.24. The summed E-state index contributed by atoms with van der Waals surface area (Å²) in [7, 11) is 0. The van der Waals surface area contributed by atoms with Gasteiger partial charge in [0.05, 0.1) is 4.99 Å². The van der Waals surface area contributed by atoms with Crippen LogP contribution in [-0.4, -0.2) is 17.4 Å². The maximum atomic E-state index is 11.7. The van der Waals surface area contributed by atoms with Crippen LogP contribution in [0.25, 0.3) is 0 Å². The van der Waals surface area contributed by atoms with Gasteiger partial charge in [0.2, 0.25) is 0 Å². The number of unbranched alkanes of at least 4 members (excludes halogenated alkanes) is 1. The van der Waals surface area contributed by atoms with Crippen LogP contribution >= 0.6 is 12.2 Å². The summed E-state index contributed by atoms with van der Waals surface area (Å²) in [4.78, 5) is 12.2. The van der Waals surface area contributed by atoms with Gasteiger partial charge in [-0.25, -0.2) is 0 Å². The van der Waals surface area contributed by atoms with Crippen molar-refractivity contribution < 1.29 is 4.79 Å². The highest BCUT2D eigenvalue weighted by Crippen LogP contribution is 2.05. The van der Waals surface area contributed by atoms with Crippen molar-refractivity contribution in [1.29, 1.82) is 0 Å². The third kappa shape index (κ3) is 4.95. The van der Waals surface area contributed by atoms with Gasteiger partial charge in [-0.2, -0.15) is 0 Å². The molecule has 0 aliphatic rings. The molecule has 17 heavy (non-hydrogen) atoms. The summed E-state index contributed by atoms with van der Waals surface area (Å²) >= 11 is 4.83. The Kier molecular flexibility index (Phi) is 5.63. The van der Waals surface area contributed by atoms with E-state index >= 15 is 0 Å². The Morgan fingerprint density at radius 1 is 1.35 bits per heavy atom. The number of carbonyl (C=O) groups excluding carboxylic acids is 1. The van der Waals surface area contributed by atoms with E-state index in [1.165, 1.54) is 0 Å². The zero-order chi connectivity index (χ0) is 12.7. The molecule has 0 heterocycles. The van der Waals surface area contributed by atoms with Crippen LogP contribution in [0.1, 0.15) is 35.7 Å². The first-order chi connectivity index (χ1) is 8.13. The minimum atomic E-state index is -0.0275. The minimum Gasteiger partial charge on any atom is -0.393 e. The molecular weight excluding hydrogens is 232 g/mol. The van der Waals surface area contributed by atoms with E-state index in [-0.39, 0.29) is 5.91 Å². The molecule has 0 aromatic heterocycles. The average Bonchev–Trinajstić information content (AvgIpc) is 2.29. The topological polar surface area (TPSA) is 55.1 Å². The summed E-state index contributed by atoms with van der Waals surface area (Å²) in [5.41, 5.74) is 7.16. The fraction of sp³-hybridized carbons (Fsp3) is 0.385. The van der Waals surface area contributed by atoms with Gasteiger partial charge >= 0.3 is 0 Å². The molecule has 0 radical (unpaired) electrons. The maximum Gasteiger partial charge on any atom is 0.251 e. The molecule has 0 saturated heterocycles. The summed E-state index contributed by atoms with van der Waals surface area (Å²) in [6.07, 6.45) is 2.66. The van der Waals surface area contributed by atoms with Crippen LogP contribution in [0.3, 0.4) is 0 Å². The van der Waals surface area contributed by atoms with Gasteiger partial charge in [-0.3, -0.25) is 4.79 Å². The van der Waals surface area contributed by atoms with Gasteiger partial charge in [0.25, 0.3) is 5.91 Å². The van der Waals surface area contributed by atoms with Crippen molar-refractivity contribution in [2.75, 3.05) is 6.54 Å². The largest absolute Gasteiger partial charge is 0.393 e. The van der Waals surface area contributed by atoms with E-state index in [1.54, 1.807) is 12.1 Å². The number of nitrogens with two attached hydrogens (primary N) is 1. The lowest BCUT2D eigenvalue weighted by atomic mass is 10.1. The zero-order valence-corrected chi connectivity index (χ0v) is 10.8. The van der Waals surface area contributed by atoms with Gasteiger partial charge in [0.1, 0.15) is 0 Å². The lowest BCUT2D eigenvalue weighted by molar-refractivity contribution is 0.0953. The number of amides is 1. The fourth-order valence-electron chi connectivity index (χ4n) is 1.46. The third-order valence-electron chi connectivity index (χ3n) is 2.41. The summed E-state index contributed by atoms with van der Waals surface area (Å²) in [6.45, 7) is 2.82. The molecule has 0 aliphatic heterocycles. The molecule has 3 N–H and O–H groups in total. The molecule has 1 rings (SSSR count). The van der Waals surface area contributed by atoms with Crippen molar-refractivity contribution in [2.24, 2.45) is 5.73 Å². The first kappa shape index (κ1) is 13.6. The smallest absolute Gasteiger partial charge is 0.251 e. The monoisotopic (exact) mass is 250 g/mol. The molecule has 1 aromatic carbocycles. The van der Waals surface area contributed by atoms with Crippen LogP contribution in [0.4, 0.5) is 0 Å². The Morgan fingerprint density at radius 2 is 2.00 bits per heavy atom. The quantitative estimate of drug-likeness (QED) is 0.600. The summed E-state index contributed by atoms with van der Waals surface area (Å²) in [5.74, 6) is -0.0275. The van der Waals surface area contributed by atoms with Crippen LogP contribution in [0.15, 0.2) is 24.3 Å². The van der Waals surface area contributed by atoms with Crippen molar-refractivity contribution in [3.63, 3.8) is 0 Å². The van der Waals surface area contributed by atoms with Gasteiger partial charge in [-0.05, 0) is 24.1 Å². The molecule has 0 atom stereocenters. The molecule has 0 spiro atoms. The van der Waals surface area contributed by atoms with Crippen LogP contribution in [0.5, 0.6) is 0 Å². The van der Waals surface area contributed by atoms with Crippen molar-refractivity contribution >= 4 is 23.1 Å². The van der Waals surface area contributed by atoms with Gasteiger partial charge in [-0.15, -0.1) is 0 Å². The molecular formula is C13H18N2OS. The molecule has 0 fully saturated rings. The predicted molar refractivity (Wildman–Crippen MR) is 74.2 cm³/mol. The van der Waals surface area contributed by atoms with E-state index in [0.717, 1.165) is 24.9 Å². The minimum absolute atomic E-state index is 0.0275. The second kappa shape index (κ2) is 7.01. The molecule has 3 nitrogen and oxygen atoms in total. The average molecular weight is 250 g/mol. The first-order valence-corrected chi connectivity index (χ1v) is 6.19. The Hall–Kier alpha value is -1.42. The highest BCUT2D eigenvalue weighted by Gasteiger charge is 2.04. The number of thiocarbonyl (C=S) groups is 1. The Labute approximate surface area is 107 Å². The lowest BCUT2D eigenvalue weighted by Gasteiger charge is -2.05. The van der Waals surface area contributed by atoms with Gasteiger partial charge in [0, 0.05) is 18.5 Å². The highest BCUT2D eigenvalue weighted by atomic mass is 32.1. The number of benzene rings is 1. The maximum absolute atomic E-state index is 11.7. The van der Waals surface area contributed by atoms with Crippen molar-refractivity contribution in [1.82, 2.24) is 5.32 Å². The van der Waals surface area contributed by atoms with E-state index in [9.17, 15) is 4.79 Å². The predicted octanol–water partition coefficient (Wildman–Crippen LogP) is 2.05. The van der Waals surface area contributed by atoms with Gasteiger partial charge in [0.15, 0.2) is 0 Å². The van der Waals surface area contributed by atoms with Gasteiger partial charge < -0.3 is 11.1 Å². The molecule has 1 aromatic rings. The third-order valence-corrected chi connectivity index (χ3v) is 2.55. The number of carbonyl (C=O) groups is 1. The highest BCUT2D eigenvalue weighted by molar-refractivity contribution is 7.80. The fourth-order valence-corrected chi connectivity index (χ4v) is 1.62. The Balaban J connectivity index is 2.54. The summed E-state index contributed by atoms with van der Waals surface area (Å²) < 4.78 is 0. The molecule has 0 saturated carbocycles. The van der Waals surface area contributed by atoms with Crippen LogP contribution in [0.2, 0.25) is 0 Å². The number of rotatable bonds is 6. The van der Waals surface area contributed by atoms with Crippen LogP contribution < -0.4 is 11.1 Å². The van der Waals surface area contributed by atoms with E-state index in [4.69, 9.17) is 18.0 Å². The van der Waals surface area contributed by atoms with Crippen LogP contribution in [0, 0.1) is 0 Å². The van der Waals surface area contributed by atoms with E-state index in [1.807, 2.05) is 12.1 Å². The van der Waals surface area contributed by atoms with E-state index in [2.05, 4.69) is 12.2 Å². The Morgan fingerprint density at radius 3 is 2.53 bits per heavy atom. The first-order valence-electron chi connectivity index (χ1n) is 5.79. The molecule has 4 heteroatoms. The van der Waals surface area contributed by atoms with E-state index in [0.29, 0.717) is 17.0 Å². The summed E-state index contributed by atoms with van der Waals surface area (Å²) in [5, 5.41) is 2.87. The normalized spacial score (nSPS) is 9.94. The molecule has 0 bridgehead atoms. The van der Waals surface area contributed by atoms with Crippen molar-refractivity contribution in [3.8, 4) is 0 Å². The van der Waals surface area contributed by atoms with E-state index < -0.39 is 0 Å². The number of nitrogens with one attached hydrogen (secondary N) is 1. The SMILES string of the molecule is CCCCNC(=O)c1ccc(CC(N)=S)cc1. The molecule has 0 aliphatic carbocycles.